The molecule has 0 aromatic heterocycles. The lowest BCUT2D eigenvalue weighted by Gasteiger charge is -2.38. The van der Waals surface area contributed by atoms with E-state index in [0.717, 1.165) is 57.7 Å². The van der Waals surface area contributed by atoms with Gasteiger partial charge in [-0.3, -0.25) is 9.69 Å². The normalized spacial score (nSPS) is 20.1. The molecule has 7 nitrogen and oxygen atoms in total. The zero-order chi connectivity index (χ0) is 20.8. The van der Waals surface area contributed by atoms with E-state index in [1.165, 1.54) is 0 Å². The molecule has 0 radical (unpaired) electrons. The molecule has 160 valence electrons. The molecule has 1 aromatic carbocycles. The van der Waals surface area contributed by atoms with Crippen LogP contribution in [0.5, 0.6) is 0 Å². The number of nitrogens with one attached hydrogen (secondary N) is 1. The second kappa shape index (κ2) is 10.1. The van der Waals surface area contributed by atoms with Gasteiger partial charge in [0.15, 0.2) is 0 Å². The minimum absolute atomic E-state index is 0.0311. The number of carbonyl (C=O) groups excluding carboxylic acids is 2. The first-order valence-electron chi connectivity index (χ1n) is 10.6. The van der Waals surface area contributed by atoms with E-state index >= 15 is 0 Å². The van der Waals surface area contributed by atoms with Gasteiger partial charge >= 0.3 is 6.03 Å². The van der Waals surface area contributed by atoms with E-state index < -0.39 is 0 Å². The molecule has 7 heteroatoms. The lowest BCUT2D eigenvalue weighted by molar-refractivity contribution is 0.0188. The number of urea groups is 1. The molecule has 0 aliphatic carbocycles. The SMILES string of the molecule is Cc1cccc(C(=O)NCCN(C2CCOCC2)C2CCN(C(=O)N(C)C)C2)c1. The fraction of sp³-hybridized carbons (Fsp3) is 0.636. The van der Waals surface area contributed by atoms with E-state index in [-0.39, 0.29) is 11.9 Å². The van der Waals surface area contributed by atoms with Crippen molar-refractivity contribution in [1.82, 2.24) is 20.0 Å². The van der Waals surface area contributed by atoms with Crippen LogP contribution >= 0.6 is 0 Å². The van der Waals surface area contributed by atoms with Gasteiger partial charge in [-0.25, -0.2) is 4.79 Å². The highest BCUT2D eigenvalue weighted by Crippen LogP contribution is 2.23. The van der Waals surface area contributed by atoms with Gasteiger partial charge in [-0.1, -0.05) is 17.7 Å². The summed E-state index contributed by atoms with van der Waals surface area (Å²) in [5.41, 5.74) is 1.78. The maximum absolute atomic E-state index is 12.5. The lowest BCUT2D eigenvalue weighted by atomic mass is 10.0. The van der Waals surface area contributed by atoms with Gasteiger partial charge in [0.05, 0.1) is 0 Å². The summed E-state index contributed by atoms with van der Waals surface area (Å²) in [7, 11) is 3.60. The van der Waals surface area contributed by atoms with Gasteiger partial charge in [0, 0.05) is 71.1 Å². The van der Waals surface area contributed by atoms with Crippen molar-refractivity contribution in [1.29, 1.82) is 0 Å². The van der Waals surface area contributed by atoms with Crippen molar-refractivity contribution in [3.05, 3.63) is 35.4 Å². The van der Waals surface area contributed by atoms with Crippen molar-refractivity contribution < 1.29 is 14.3 Å². The molecule has 1 unspecified atom stereocenters. The molecule has 1 aromatic rings. The van der Waals surface area contributed by atoms with Crippen LogP contribution in [0.15, 0.2) is 24.3 Å². The Hall–Kier alpha value is -2.12. The Bertz CT molecular complexity index is 703. The Balaban J connectivity index is 1.59. The Morgan fingerprint density at radius 1 is 1.17 bits per heavy atom. The predicted molar refractivity (Wildman–Crippen MR) is 113 cm³/mol. The number of hydrogen-bond donors (Lipinski definition) is 1. The average Bonchev–Trinajstić information content (AvgIpc) is 3.20. The fourth-order valence-corrected chi connectivity index (χ4v) is 4.34. The smallest absolute Gasteiger partial charge is 0.319 e. The molecule has 2 aliphatic rings. The van der Waals surface area contributed by atoms with E-state index in [1.54, 1.807) is 19.0 Å². The zero-order valence-electron chi connectivity index (χ0n) is 17.9. The van der Waals surface area contributed by atoms with Crippen molar-refractivity contribution >= 4 is 11.9 Å². The number of carbonyl (C=O) groups is 2. The first kappa shape index (κ1) is 21.6. The van der Waals surface area contributed by atoms with Crippen LogP contribution in [0.1, 0.15) is 35.2 Å². The predicted octanol–water partition coefficient (Wildman–Crippen LogP) is 1.96. The fourth-order valence-electron chi connectivity index (χ4n) is 4.34. The monoisotopic (exact) mass is 402 g/mol. The van der Waals surface area contributed by atoms with Gasteiger partial charge in [0.1, 0.15) is 0 Å². The van der Waals surface area contributed by atoms with Gasteiger partial charge in [-0.2, -0.15) is 0 Å². The van der Waals surface area contributed by atoms with Gasteiger partial charge in [0.25, 0.3) is 5.91 Å². The summed E-state index contributed by atoms with van der Waals surface area (Å²) in [5, 5.41) is 3.07. The van der Waals surface area contributed by atoms with Crippen LogP contribution in [0.25, 0.3) is 0 Å². The summed E-state index contributed by atoms with van der Waals surface area (Å²) in [4.78, 5) is 30.9. The summed E-state index contributed by atoms with van der Waals surface area (Å²) in [6.45, 7) is 6.48. The van der Waals surface area contributed by atoms with E-state index in [1.807, 2.05) is 36.1 Å². The molecule has 0 bridgehead atoms. The highest BCUT2D eigenvalue weighted by atomic mass is 16.5. The van der Waals surface area contributed by atoms with Gasteiger partial charge in [-0.15, -0.1) is 0 Å². The van der Waals surface area contributed by atoms with Crippen molar-refractivity contribution in [3.8, 4) is 0 Å². The van der Waals surface area contributed by atoms with Crippen LogP contribution < -0.4 is 5.32 Å². The Labute approximate surface area is 174 Å². The number of rotatable bonds is 6. The summed E-state index contributed by atoms with van der Waals surface area (Å²) in [6.07, 6.45) is 2.98. The maximum Gasteiger partial charge on any atom is 0.319 e. The van der Waals surface area contributed by atoms with Crippen molar-refractivity contribution in [3.63, 3.8) is 0 Å². The quantitative estimate of drug-likeness (QED) is 0.790. The molecule has 2 fully saturated rings. The van der Waals surface area contributed by atoms with Crippen LogP contribution in [0.2, 0.25) is 0 Å². The second-order valence-corrected chi connectivity index (χ2v) is 8.27. The van der Waals surface area contributed by atoms with E-state index in [9.17, 15) is 9.59 Å². The third-order valence-electron chi connectivity index (χ3n) is 5.88. The molecule has 1 atom stereocenters. The summed E-state index contributed by atoms with van der Waals surface area (Å²) in [5.74, 6) is -0.0311. The Morgan fingerprint density at radius 3 is 2.62 bits per heavy atom. The third kappa shape index (κ3) is 5.70. The number of nitrogens with zero attached hydrogens (tertiary/aromatic N) is 3. The average molecular weight is 403 g/mol. The molecule has 2 saturated heterocycles. The number of likely N-dealkylation sites (tertiary alicyclic amines) is 1. The second-order valence-electron chi connectivity index (χ2n) is 8.27. The van der Waals surface area contributed by atoms with E-state index in [0.29, 0.717) is 24.2 Å². The van der Waals surface area contributed by atoms with Crippen LogP contribution in [0.3, 0.4) is 0 Å². The minimum Gasteiger partial charge on any atom is -0.381 e. The van der Waals surface area contributed by atoms with Crippen molar-refractivity contribution in [2.24, 2.45) is 0 Å². The molecule has 2 heterocycles. The Morgan fingerprint density at radius 2 is 1.93 bits per heavy atom. The number of amides is 3. The standard InChI is InChI=1S/C22H34N4O3/c1-17-5-4-6-18(15-17)21(27)23-10-12-26(19-8-13-29-14-9-19)20-7-11-25(16-20)22(28)24(2)3/h4-6,15,19-20H,7-14,16H2,1-3H3,(H,23,27). The number of hydrogen-bond acceptors (Lipinski definition) is 4. The summed E-state index contributed by atoms with van der Waals surface area (Å²) in [6, 6.07) is 8.51. The van der Waals surface area contributed by atoms with Crippen LogP contribution in [-0.2, 0) is 4.74 Å². The molecule has 29 heavy (non-hydrogen) atoms. The highest BCUT2D eigenvalue weighted by molar-refractivity contribution is 5.94. The number of aryl methyl sites for hydroxylation is 1. The topological polar surface area (TPSA) is 65.1 Å². The maximum atomic E-state index is 12.5. The number of ether oxygens (including phenoxy) is 1. The van der Waals surface area contributed by atoms with Gasteiger partial charge < -0.3 is 19.9 Å². The number of benzene rings is 1. The first-order chi connectivity index (χ1) is 14.0. The molecule has 3 amide bonds. The van der Waals surface area contributed by atoms with E-state index in [4.69, 9.17) is 4.74 Å². The van der Waals surface area contributed by atoms with Gasteiger partial charge in [0.2, 0.25) is 0 Å². The van der Waals surface area contributed by atoms with Crippen molar-refractivity contribution in [2.75, 3.05) is 53.5 Å². The van der Waals surface area contributed by atoms with Crippen LogP contribution in [0.4, 0.5) is 4.79 Å². The van der Waals surface area contributed by atoms with E-state index in [2.05, 4.69) is 10.2 Å². The van der Waals surface area contributed by atoms with Crippen LogP contribution in [0, 0.1) is 6.92 Å². The minimum atomic E-state index is -0.0311. The third-order valence-corrected chi connectivity index (χ3v) is 5.88. The molecule has 2 aliphatic heterocycles. The largest absolute Gasteiger partial charge is 0.381 e. The molecule has 1 N–H and O–H groups in total. The molecule has 0 saturated carbocycles. The summed E-state index contributed by atoms with van der Waals surface area (Å²) >= 11 is 0. The molecule has 3 rings (SSSR count). The lowest BCUT2D eigenvalue weighted by Crippen LogP contribution is -2.50. The molecular weight excluding hydrogens is 368 g/mol. The van der Waals surface area contributed by atoms with Crippen LogP contribution in [-0.4, -0.2) is 92.2 Å². The first-order valence-corrected chi connectivity index (χ1v) is 10.6. The highest BCUT2D eigenvalue weighted by Gasteiger charge is 2.34. The van der Waals surface area contributed by atoms with Gasteiger partial charge in [-0.05, 0) is 38.3 Å². The van der Waals surface area contributed by atoms with Crippen molar-refractivity contribution in [2.45, 2.75) is 38.3 Å². The Kier molecular flexibility index (Phi) is 7.50. The molecular formula is C22H34N4O3. The molecule has 0 spiro atoms. The summed E-state index contributed by atoms with van der Waals surface area (Å²) < 4.78 is 5.55. The zero-order valence-corrected chi connectivity index (χ0v) is 17.9.